The summed E-state index contributed by atoms with van der Waals surface area (Å²) >= 11 is 0. The van der Waals surface area contributed by atoms with Crippen LogP contribution in [0.3, 0.4) is 0 Å². The van der Waals surface area contributed by atoms with Crippen molar-refractivity contribution in [3.8, 4) is 5.75 Å². The fraction of sp³-hybridized carbons (Fsp3) is 0.381. The van der Waals surface area contributed by atoms with E-state index in [0.29, 0.717) is 19.0 Å². The maximum Gasteiger partial charge on any atom is 0.298 e. The molecule has 0 saturated carbocycles. The average Bonchev–Trinajstić information content (AvgIpc) is 3.16. The van der Waals surface area contributed by atoms with Crippen LogP contribution >= 0.6 is 0 Å². The van der Waals surface area contributed by atoms with Gasteiger partial charge in [0.2, 0.25) is 5.91 Å². The highest BCUT2D eigenvalue weighted by Crippen LogP contribution is 2.29. The number of methoxy groups -OCH3 is 1. The number of nitrogens with one attached hydrogen (secondary N) is 1. The zero-order chi connectivity index (χ0) is 19.3. The van der Waals surface area contributed by atoms with Crippen molar-refractivity contribution in [2.24, 2.45) is 5.92 Å². The average molecular weight is 380 g/mol. The number of carbonyl (C=O) groups excluding carboxylic acids is 1. The molecule has 1 unspecified atom stereocenters. The van der Waals surface area contributed by atoms with E-state index in [-0.39, 0.29) is 11.8 Å². The van der Waals surface area contributed by atoms with E-state index in [2.05, 4.69) is 20.2 Å². The van der Waals surface area contributed by atoms with Crippen LogP contribution in [0, 0.1) is 5.92 Å². The first-order valence-corrected chi connectivity index (χ1v) is 9.57. The van der Waals surface area contributed by atoms with Crippen LogP contribution in [-0.2, 0) is 11.3 Å². The van der Waals surface area contributed by atoms with Crippen molar-refractivity contribution in [2.75, 3.05) is 25.1 Å². The number of hydrogen-bond donors (Lipinski definition) is 1. The fourth-order valence-electron chi connectivity index (χ4n) is 3.59. The topological polar surface area (TPSA) is 80.5 Å². The highest BCUT2D eigenvalue weighted by Gasteiger charge is 2.25. The van der Waals surface area contributed by atoms with Gasteiger partial charge in [0.1, 0.15) is 11.3 Å². The van der Waals surface area contributed by atoms with Gasteiger partial charge >= 0.3 is 0 Å². The molecule has 28 heavy (non-hydrogen) atoms. The largest absolute Gasteiger partial charge is 0.497 e. The van der Waals surface area contributed by atoms with Crippen LogP contribution in [0.5, 0.6) is 5.75 Å². The predicted molar refractivity (Wildman–Crippen MR) is 106 cm³/mol. The number of carbonyl (C=O) groups is 1. The summed E-state index contributed by atoms with van der Waals surface area (Å²) in [4.78, 5) is 23.3. The minimum absolute atomic E-state index is 0.0554. The third-order valence-electron chi connectivity index (χ3n) is 5.04. The first-order valence-electron chi connectivity index (χ1n) is 9.57. The monoisotopic (exact) mass is 380 g/mol. The Hall–Kier alpha value is -3.09. The minimum atomic E-state index is 0.0554. The Balaban J connectivity index is 1.35. The third kappa shape index (κ3) is 4.24. The molecule has 1 amide bonds. The van der Waals surface area contributed by atoms with Gasteiger partial charge in [0.15, 0.2) is 5.58 Å². The number of nitrogens with zero attached hydrogens (tertiary/aromatic N) is 3. The number of anilines is 1. The van der Waals surface area contributed by atoms with Gasteiger partial charge in [-0.15, -0.1) is 0 Å². The number of fused-ring (bicyclic) bond motifs is 1. The van der Waals surface area contributed by atoms with E-state index in [4.69, 9.17) is 9.15 Å². The molecule has 1 aliphatic rings. The van der Waals surface area contributed by atoms with Crippen molar-refractivity contribution >= 4 is 23.0 Å². The Morgan fingerprint density at radius 3 is 3.11 bits per heavy atom. The second-order valence-corrected chi connectivity index (χ2v) is 7.09. The summed E-state index contributed by atoms with van der Waals surface area (Å²) in [6, 6.07) is 11.9. The van der Waals surface area contributed by atoms with E-state index >= 15 is 0 Å². The van der Waals surface area contributed by atoms with Crippen molar-refractivity contribution < 1.29 is 13.9 Å². The molecule has 0 radical (unpaired) electrons. The highest BCUT2D eigenvalue weighted by atomic mass is 16.5. The molecule has 1 aromatic carbocycles. The molecule has 1 atom stereocenters. The van der Waals surface area contributed by atoms with Crippen molar-refractivity contribution in [1.29, 1.82) is 0 Å². The van der Waals surface area contributed by atoms with Crippen molar-refractivity contribution in [2.45, 2.75) is 25.8 Å². The molecule has 1 fully saturated rings. The maximum atomic E-state index is 12.3. The lowest BCUT2D eigenvalue weighted by Gasteiger charge is -2.31. The number of hydrogen-bond acceptors (Lipinski definition) is 6. The van der Waals surface area contributed by atoms with E-state index in [1.807, 2.05) is 36.4 Å². The highest BCUT2D eigenvalue weighted by molar-refractivity contribution is 5.77. The number of benzene rings is 1. The van der Waals surface area contributed by atoms with Gasteiger partial charge in [0.25, 0.3) is 6.01 Å². The Kier molecular flexibility index (Phi) is 5.41. The number of amides is 1. The molecule has 3 heterocycles. The smallest absolute Gasteiger partial charge is 0.298 e. The summed E-state index contributed by atoms with van der Waals surface area (Å²) in [5.41, 5.74) is 2.39. The van der Waals surface area contributed by atoms with Crippen molar-refractivity contribution in [3.05, 3.63) is 48.3 Å². The molecule has 1 N–H and O–H groups in total. The molecule has 1 aliphatic heterocycles. The lowest BCUT2D eigenvalue weighted by molar-refractivity contribution is -0.122. The lowest BCUT2D eigenvalue weighted by atomic mass is 9.94. The molecule has 7 heteroatoms. The standard InChI is InChI=1S/C21H24N4O3/c1-27-17-7-8-19-18(12-17)24-21(28-19)25-10-4-5-15(14-25)11-20(26)23-13-16-6-2-3-9-22-16/h2-3,6-9,12,15H,4-5,10-11,13-14H2,1H3,(H,23,26). The summed E-state index contributed by atoms with van der Waals surface area (Å²) < 4.78 is 11.2. The SMILES string of the molecule is COc1ccc2oc(N3CCCC(CC(=O)NCc4ccccn4)C3)nc2c1. The number of ether oxygens (including phenoxy) is 1. The zero-order valence-electron chi connectivity index (χ0n) is 15.9. The van der Waals surface area contributed by atoms with Gasteiger partial charge < -0.3 is 19.4 Å². The summed E-state index contributed by atoms with van der Waals surface area (Å²) in [6.45, 7) is 2.11. The molecule has 146 valence electrons. The number of oxazole rings is 1. The van der Waals surface area contributed by atoms with Crippen LogP contribution in [-0.4, -0.2) is 36.1 Å². The van der Waals surface area contributed by atoms with Crippen LogP contribution in [0.1, 0.15) is 25.0 Å². The number of rotatable bonds is 6. The minimum Gasteiger partial charge on any atom is -0.497 e. The predicted octanol–water partition coefficient (Wildman–Crippen LogP) is 3.15. The van der Waals surface area contributed by atoms with Gasteiger partial charge in [-0.05, 0) is 43.0 Å². The second kappa shape index (κ2) is 8.29. The van der Waals surface area contributed by atoms with Gasteiger partial charge in [-0.25, -0.2) is 0 Å². The van der Waals surface area contributed by atoms with E-state index in [1.165, 1.54) is 0 Å². The molecular formula is C21H24N4O3. The lowest BCUT2D eigenvalue weighted by Crippen LogP contribution is -2.38. The molecular weight excluding hydrogens is 356 g/mol. The molecule has 4 rings (SSSR count). The third-order valence-corrected chi connectivity index (χ3v) is 5.04. The first-order chi connectivity index (χ1) is 13.7. The van der Waals surface area contributed by atoms with Gasteiger partial charge in [-0.2, -0.15) is 4.98 Å². The fourth-order valence-corrected chi connectivity index (χ4v) is 3.59. The van der Waals surface area contributed by atoms with Crippen molar-refractivity contribution in [1.82, 2.24) is 15.3 Å². The number of pyridine rings is 1. The van der Waals surface area contributed by atoms with Gasteiger partial charge in [-0.3, -0.25) is 9.78 Å². The molecule has 1 saturated heterocycles. The Morgan fingerprint density at radius 1 is 1.36 bits per heavy atom. The van der Waals surface area contributed by atoms with E-state index in [0.717, 1.165) is 48.5 Å². The van der Waals surface area contributed by atoms with E-state index in [1.54, 1.807) is 13.3 Å². The molecule has 0 spiro atoms. The Labute approximate surface area is 163 Å². The number of piperidine rings is 1. The zero-order valence-corrected chi connectivity index (χ0v) is 15.9. The van der Waals surface area contributed by atoms with E-state index in [9.17, 15) is 4.79 Å². The first kappa shape index (κ1) is 18.3. The van der Waals surface area contributed by atoms with Crippen LogP contribution in [0.4, 0.5) is 6.01 Å². The van der Waals surface area contributed by atoms with Crippen molar-refractivity contribution in [3.63, 3.8) is 0 Å². The van der Waals surface area contributed by atoms with Crippen LogP contribution in [0.2, 0.25) is 0 Å². The van der Waals surface area contributed by atoms with E-state index < -0.39 is 0 Å². The molecule has 7 nitrogen and oxygen atoms in total. The summed E-state index contributed by atoms with van der Waals surface area (Å²) in [7, 11) is 1.64. The molecule has 0 bridgehead atoms. The van der Waals surface area contributed by atoms with Crippen LogP contribution < -0.4 is 15.0 Å². The molecule has 3 aromatic rings. The Bertz CT molecular complexity index is 941. The maximum absolute atomic E-state index is 12.3. The van der Waals surface area contributed by atoms with Crippen LogP contribution in [0.25, 0.3) is 11.1 Å². The summed E-state index contributed by atoms with van der Waals surface area (Å²) in [5.74, 6) is 1.09. The summed E-state index contributed by atoms with van der Waals surface area (Å²) in [6.07, 6.45) is 4.27. The quantitative estimate of drug-likeness (QED) is 0.708. The molecule has 2 aromatic heterocycles. The van der Waals surface area contributed by atoms with Crippen LogP contribution in [0.15, 0.2) is 47.0 Å². The second-order valence-electron chi connectivity index (χ2n) is 7.09. The molecule has 0 aliphatic carbocycles. The normalized spacial score (nSPS) is 16.9. The Morgan fingerprint density at radius 2 is 2.29 bits per heavy atom. The van der Waals surface area contributed by atoms with Gasteiger partial charge in [0, 0.05) is 31.8 Å². The van der Waals surface area contributed by atoms with Gasteiger partial charge in [0.05, 0.1) is 19.3 Å². The van der Waals surface area contributed by atoms with Gasteiger partial charge in [-0.1, -0.05) is 6.07 Å². The number of aromatic nitrogens is 2. The summed E-state index contributed by atoms with van der Waals surface area (Å²) in [5, 5.41) is 2.96.